The van der Waals surface area contributed by atoms with Crippen LogP contribution in [0.5, 0.6) is 0 Å². The predicted molar refractivity (Wildman–Crippen MR) is 91.7 cm³/mol. The molecule has 0 saturated carbocycles. The predicted octanol–water partition coefficient (Wildman–Crippen LogP) is 0.0406. The Hall–Kier alpha value is -3.23. The van der Waals surface area contributed by atoms with Gasteiger partial charge in [0.25, 0.3) is 11.8 Å². The Bertz CT molecular complexity index is 849. The lowest BCUT2D eigenvalue weighted by atomic mass is 10.0. The molecule has 0 aromatic heterocycles. The summed E-state index contributed by atoms with van der Waals surface area (Å²) in [6.07, 6.45) is 0.231. The minimum atomic E-state index is -1.02. The van der Waals surface area contributed by atoms with Crippen molar-refractivity contribution >= 4 is 29.6 Å². The highest BCUT2D eigenvalue weighted by Gasteiger charge is 2.39. The zero-order valence-corrected chi connectivity index (χ0v) is 14.7. The molecular formula is C18H19N3O6. The van der Waals surface area contributed by atoms with Gasteiger partial charge in [-0.05, 0) is 31.0 Å². The molecule has 2 heterocycles. The van der Waals surface area contributed by atoms with Gasteiger partial charge in [-0.1, -0.05) is 6.07 Å². The fourth-order valence-corrected chi connectivity index (χ4v) is 3.32. The zero-order valence-electron chi connectivity index (χ0n) is 14.7. The molecule has 0 radical (unpaired) electrons. The summed E-state index contributed by atoms with van der Waals surface area (Å²) in [6, 6.07) is 3.39. The Morgan fingerprint density at radius 1 is 1.33 bits per heavy atom. The van der Waals surface area contributed by atoms with Gasteiger partial charge in [-0.25, -0.2) is 0 Å². The van der Waals surface area contributed by atoms with Gasteiger partial charge in [0, 0.05) is 30.1 Å². The molecule has 0 bridgehead atoms. The van der Waals surface area contributed by atoms with Gasteiger partial charge in [0.15, 0.2) is 0 Å². The highest BCUT2D eigenvalue weighted by molar-refractivity contribution is 6.06. The van der Waals surface area contributed by atoms with Gasteiger partial charge in [-0.2, -0.15) is 0 Å². The van der Waals surface area contributed by atoms with E-state index in [4.69, 9.17) is 5.11 Å². The van der Waals surface area contributed by atoms with E-state index in [2.05, 4.69) is 10.6 Å². The summed E-state index contributed by atoms with van der Waals surface area (Å²) in [5, 5.41) is 13.6. The summed E-state index contributed by atoms with van der Waals surface area (Å²) in [6.45, 7) is 1.81. The van der Waals surface area contributed by atoms with Crippen molar-refractivity contribution in [3.63, 3.8) is 0 Å². The molecule has 2 aliphatic heterocycles. The smallest absolute Gasteiger partial charge is 0.305 e. The number of rotatable bonds is 5. The van der Waals surface area contributed by atoms with Gasteiger partial charge in [0.2, 0.25) is 11.8 Å². The van der Waals surface area contributed by atoms with E-state index < -0.39 is 29.9 Å². The first-order valence-corrected chi connectivity index (χ1v) is 8.56. The number of carboxylic acid groups (broad SMARTS) is 1. The molecule has 9 nitrogen and oxygen atoms in total. The first-order chi connectivity index (χ1) is 12.8. The van der Waals surface area contributed by atoms with Crippen LogP contribution in [0.25, 0.3) is 0 Å². The van der Waals surface area contributed by atoms with Crippen LogP contribution in [0, 0.1) is 0 Å². The molecule has 9 heteroatoms. The van der Waals surface area contributed by atoms with Gasteiger partial charge in [0.05, 0.1) is 6.42 Å². The summed E-state index contributed by atoms with van der Waals surface area (Å²) in [7, 11) is 0. The molecule has 27 heavy (non-hydrogen) atoms. The number of fused-ring (bicyclic) bond motifs is 1. The standard InChI is InChI=1S/C18H19N3O6/c1-9(6-15(23)24)19-16(25)10-2-3-11-8-21(18(27)12(11)7-10)13-4-5-14(22)20-17(13)26/h2-3,7,9,13H,4-6,8H2,1H3,(H,19,25)(H,23,24)(H,20,22,26). The van der Waals surface area contributed by atoms with Crippen molar-refractivity contribution in [2.45, 2.75) is 44.8 Å². The number of hydrogen-bond donors (Lipinski definition) is 3. The molecule has 0 aliphatic carbocycles. The van der Waals surface area contributed by atoms with Gasteiger partial charge < -0.3 is 15.3 Å². The zero-order chi connectivity index (χ0) is 19.7. The van der Waals surface area contributed by atoms with Crippen LogP contribution in [0.2, 0.25) is 0 Å². The van der Waals surface area contributed by atoms with E-state index in [1.54, 1.807) is 19.1 Å². The van der Waals surface area contributed by atoms with Crippen LogP contribution in [0.15, 0.2) is 18.2 Å². The maximum absolute atomic E-state index is 12.7. The number of nitrogens with one attached hydrogen (secondary N) is 2. The SMILES string of the molecule is CC(CC(=O)O)NC(=O)c1ccc2c(c1)C(=O)N(C1CCC(=O)NC1=O)C2. The van der Waals surface area contributed by atoms with Crippen molar-refractivity contribution in [3.8, 4) is 0 Å². The quantitative estimate of drug-likeness (QED) is 0.624. The van der Waals surface area contributed by atoms with Crippen molar-refractivity contribution in [1.82, 2.24) is 15.5 Å². The molecule has 0 spiro atoms. The van der Waals surface area contributed by atoms with Crippen molar-refractivity contribution < 1.29 is 29.1 Å². The Kier molecular flexibility index (Phi) is 4.93. The minimum absolute atomic E-state index is 0.172. The Balaban J connectivity index is 1.74. The van der Waals surface area contributed by atoms with Crippen LogP contribution in [-0.4, -0.2) is 51.7 Å². The third-order valence-electron chi connectivity index (χ3n) is 4.65. The molecule has 2 unspecified atom stereocenters. The van der Waals surface area contributed by atoms with Crippen molar-refractivity contribution in [1.29, 1.82) is 0 Å². The molecule has 142 valence electrons. The molecule has 1 aromatic carbocycles. The Morgan fingerprint density at radius 3 is 2.74 bits per heavy atom. The van der Waals surface area contributed by atoms with Crippen LogP contribution < -0.4 is 10.6 Å². The van der Waals surface area contributed by atoms with E-state index in [1.165, 1.54) is 11.0 Å². The number of nitrogens with zero attached hydrogens (tertiary/aromatic N) is 1. The number of carbonyl (C=O) groups is 5. The van der Waals surface area contributed by atoms with Crippen molar-refractivity contribution in [3.05, 3.63) is 34.9 Å². The first-order valence-electron chi connectivity index (χ1n) is 8.56. The van der Waals surface area contributed by atoms with E-state index in [1.807, 2.05) is 0 Å². The largest absolute Gasteiger partial charge is 0.481 e. The van der Waals surface area contributed by atoms with Crippen LogP contribution in [0.4, 0.5) is 0 Å². The van der Waals surface area contributed by atoms with Gasteiger partial charge in [0.1, 0.15) is 6.04 Å². The van der Waals surface area contributed by atoms with E-state index in [-0.39, 0.29) is 43.2 Å². The number of carboxylic acids is 1. The molecule has 1 fully saturated rings. The van der Waals surface area contributed by atoms with E-state index in [0.717, 1.165) is 0 Å². The molecular weight excluding hydrogens is 354 g/mol. The Labute approximate surface area is 154 Å². The number of amides is 4. The molecule has 2 atom stereocenters. The fourth-order valence-electron chi connectivity index (χ4n) is 3.32. The average molecular weight is 373 g/mol. The molecule has 1 aromatic rings. The number of aliphatic carboxylic acids is 1. The maximum atomic E-state index is 12.7. The highest BCUT2D eigenvalue weighted by Crippen LogP contribution is 2.28. The number of imide groups is 1. The number of benzene rings is 1. The van der Waals surface area contributed by atoms with Crippen molar-refractivity contribution in [2.24, 2.45) is 0 Å². The summed E-state index contributed by atoms with van der Waals surface area (Å²) >= 11 is 0. The fraction of sp³-hybridized carbons (Fsp3) is 0.389. The van der Waals surface area contributed by atoms with Gasteiger partial charge >= 0.3 is 5.97 Å². The monoisotopic (exact) mass is 373 g/mol. The lowest BCUT2D eigenvalue weighted by Crippen LogP contribution is -2.52. The lowest BCUT2D eigenvalue weighted by molar-refractivity contribution is -0.138. The molecule has 1 saturated heterocycles. The third kappa shape index (κ3) is 3.81. The normalized spacial score (nSPS) is 20.1. The minimum Gasteiger partial charge on any atom is -0.481 e. The van der Waals surface area contributed by atoms with Crippen LogP contribution >= 0.6 is 0 Å². The van der Waals surface area contributed by atoms with Crippen LogP contribution in [-0.2, 0) is 20.9 Å². The second-order valence-electron chi connectivity index (χ2n) is 6.74. The molecule has 3 N–H and O–H groups in total. The number of piperidine rings is 1. The molecule has 2 aliphatic rings. The first kappa shape index (κ1) is 18.6. The Morgan fingerprint density at radius 2 is 2.07 bits per heavy atom. The number of carbonyl (C=O) groups excluding carboxylic acids is 4. The van der Waals surface area contributed by atoms with E-state index >= 15 is 0 Å². The van der Waals surface area contributed by atoms with E-state index in [0.29, 0.717) is 11.1 Å². The van der Waals surface area contributed by atoms with E-state index in [9.17, 15) is 24.0 Å². The number of hydrogen-bond acceptors (Lipinski definition) is 5. The van der Waals surface area contributed by atoms with Crippen molar-refractivity contribution in [2.75, 3.05) is 0 Å². The summed E-state index contributed by atoms with van der Waals surface area (Å²) in [5.74, 6) is -2.71. The topological polar surface area (TPSA) is 133 Å². The second-order valence-corrected chi connectivity index (χ2v) is 6.74. The lowest BCUT2D eigenvalue weighted by Gasteiger charge is -2.29. The average Bonchev–Trinajstić information content (AvgIpc) is 2.90. The second kappa shape index (κ2) is 7.18. The molecule has 4 amide bonds. The maximum Gasteiger partial charge on any atom is 0.305 e. The summed E-state index contributed by atoms with van der Waals surface area (Å²) < 4.78 is 0. The van der Waals surface area contributed by atoms with Gasteiger partial charge in [-0.15, -0.1) is 0 Å². The summed E-state index contributed by atoms with van der Waals surface area (Å²) in [4.78, 5) is 60.4. The van der Waals surface area contributed by atoms with Crippen LogP contribution in [0.1, 0.15) is 52.5 Å². The highest BCUT2D eigenvalue weighted by atomic mass is 16.4. The van der Waals surface area contributed by atoms with Gasteiger partial charge in [-0.3, -0.25) is 29.3 Å². The molecule has 3 rings (SSSR count). The summed E-state index contributed by atoms with van der Waals surface area (Å²) in [5.41, 5.74) is 1.27. The third-order valence-corrected chi connectivity index (χ3v) is 4.65. The van der Waals surface area contributed by atoms with Crippen LogP contribution in [0.3, 0.4) is 0 Å².